The molecule has 2 aliphatic heterocycles. The fourth-order valence-electron chi connectivity index (χ4n) is 20.7. The van der Waals surface area contributed by atoms with E-state index < -0.39 is 0 Å². The second-order valence-corrected chi connectivity index (χ2v) is 33.7. The van der Waals surface area contributed by atoms with E-state index in [9.17, 15) is 0 Å². The topological polar surface area (TPSA) is 57.4 Å². The Morgan fingerprint density at radius 1 is 0.125 bits per heavy atom. The van der Waals surface area contributed by atoms with Crippen LogP contribution in [0.1, 0.15) is 0 Å². The van der Waals surface area contributed by atoms with E-state index in [4.69, 9.17) is 19.9 Å². The molecule has 4 heterocycles. The van der Waals surface area contributed by atoms with Crippen molar-refractivity contribution in [2.75, 3.05) is 0 Å². The quantitative estimate of drug-likeness (QED) is 0.128. The van der Waals surface area contributed by atoms with Crippen LogP contribution in [0.3, 0.4) is 0 Å². The Labute approximate surface area is 741 Å². The second kappa shape index (κ2) is 30.5. The van der Waals surface area contributed by atoms with Crippen molar-refractivity contribution < 1.29 is 0 Å². The van der Waals surface area contributed by atoms with Crippen LogP contribution in [0.15, 0.2) is 461 Å². The molecule has 3 aliphatic rings. The summed E-state index contributed by atoms with van der Waals surface area (Å²) >= 11 is 0. The third-order valence-corrected chi connectivity index (χ3v) is 26.5. The van der Waals surface area contributed by atoms with Crippen molar-refractivity contribution in [1.29, 1.82) is 0 Å². The molecule has 0 amide bonds. The van der Waals surface area contributed by atoms with Gasteiger partial charge in [-0.15, -0.1) is 0 Å². The maximum Gasteiger partial charge on any atom is 0.0816 e. The second-order valence-electron chi connectivity index (χ2n) is 33.7. The maximum absolute atomic E-state index is 6.92. The molecule has 0 atom stereocenters. The number of fused-ring (bicyclic) bond motifs is 4. The molecule has 2 aromatic heterocycles. The van der Waals surface area contributed by atoms with Gasteiger partial charge in [-0.2, -0.15) is 0 Å². The van der Waals surface area contributed by atoms with Gasteiger partial charge in [0.15, 0.2) is 0 Å². The summed E-state index contributed by atoms with van der Waals surface area (Å²) < 4.78 is 0. The van der Waals surface area contributed by atoms with Gasteiger partial charge in [-0.05, 0) is 181 Å². The standard InChI is InChI=1S/C124H78N4/c1-9-37-77(38-10-1)93-61-33-62-94(78-39-11-2-12-40-78)109(93)113-117-101-69-85-53-25-27-55-87(85)71-103(101)119(125-117)114(110-95(79-41-13-3-14-42-79)63-34-64-96(110)80-43-15-4-16-44-80)121-105-73-89-57-29-31-59-91(89)75-107(105)123(127-121)116(112-99(83-49-21-7-22-50-83)67-36-68-100(112)84-51-23-8-24-52-84)124-108-76-92-60-32-30-58-90(92)74-106(108)122(128-124)115(120-104-72-88-56-28-26-54-86(88)70-102(104)118(113)126-120)111-97(81-45-17-5-18-46-81)65-35-66-98(111)82-47-19-6-20-48-82/h1-76,125,128H. The van der Waals surface area contributed by atoms with E-state index in [0.29, 0.717) is 0 Å². The van der Waals surface area contributed by atoms with Gasteiger partial charge in [0.1, 0.15) is 0 Å². The monoisotopic (exact) mass is 1620 g/mol. The zero-order valence-electron chi connectivity index (χ0n) is 69.8. The zero-order chi connectivity index (χ0) is 84.3. The average Bonchev–Trinajstić information content (AvgIpc) is 1.54. The Balaban J connectivity index is 1.05. The molecule has 594 valence electrons. The van der Waals surface area contributed by atoms with Crippen LogP contribution in [-0.4, -0.2) is 19.9 Å². The molecule has 4 nitrogen and oxygen atoms in total. The van der Waals surface area contributed by atoms with E-state index in [1.807, 2.05) is 0 Å². The van der Waals surface area contributed by atoms with Gasteiger partial charge < -0.3 is 9.97 Å². The van der Waals surface area contributed by atoms with Crippen molar-refractivity contribution in [3.8, 4) is 179 Å². The van der Waals surface area contributed by atoms with Gasteiger partial charge in [0, 0.05) is 88.3 Å². The minimum atomic E-state index is 0.812. The molecule has 128 heavy (non-hydrogen) atoms. The Morgan fingerprint density at radius 2 is 0.273 bits per heavy atom. The molecule has 20 aromatic carbocycles. The summed E-state index contributed by atoms with van der Waals surface area (Å²) in [6, 6.07) is 171. The molecule has 0 saturated heterocycles. The first-order chi connectivity index (χ1) is 63.5. The third-order valence-electron chi connectivity index (χ3n) is 26.5. The van der Waals surface area contributed by atoms with E-state index in [0.717, 1.165) is 265 Å². The molecule has 22 aromatic rings. The summed E-state index contributed by atoms with van der Waals surface area (Å²) in [5.41, 5.74) is 35.6. The number of hydrogen-bond acceptors (Lipinski definition) is 2. The normalized spacial score (nSPS) is 11.8. The highest BCUT2D eigenvalue weighted by atomic mass is 14.8. The highest BCUT2D eigenvalue weighted by molar-refractivity contribution is 6.28. The summed E-state index contributed by atoms with van der Waals surface area (Å²) in [5.74, 6) is 0. The molecule has 4 heteroatoms. The summed E-state index contributed by atoms with van der Waals surface area (Å²) in [6.07, 6.45) is 0. The maximum atomic E-state index is 6.92. The molecule has 25 rings (SSSR count). The van der Waals surface area contributed by atoms with E-state index >= 15 is 0 Å². The van der Waals surface area contributed by atoms with Crippen molar-refractivity contribution >= 4 is 86.7 Å². The van der Waals surface area contributed by atoms with Gasteiger partial charge in [-0.25, -0.2) is 9.97 Å². The largest absolute Gasteiger partial charge is 0.353 e. The SMILES string of the molecule is c1ccc(-c2cccc(-c3ccccc3)c2-c2c3nc(c(-c4c(-c5ccccc5)cccc4-c4ccccc4)c4[nH]c(c(-c5c(-c6ccccc6)cccc5-c5ccccc5)c5nc(c(-c6c(-c7ccccc7)cccc6-c6ccccc6)c6[nH]c2c2cc7ccccc7cc62)-c2cc6ccccc6cc2-5)c2cc5ccccc5cc42)-c2cc4ccccc4cc2-3)cc1. The zero-order valence-corrected chi connectivity index (χ0v) is 69.8. The third kappa shape index (κ3) is 12.2. The Morgan fingerprint density at radius 3 is 0.438 bits per heavy atom. The van der Waals surface area contributed by atoms with Gasteiger partial charge in [-0.1, -0.05) is 413 Å². The number of nitrogens with zero attached hydrogens (tertiary/aromatic N) is 2. The lowest BCUT2D eigenvalue weighted by molar-refractivity contribution is 1.39. The van der Waals surface area contributed by atoms with E-state index in [1.54, 1.807) is 0 Å². The number of H-pyrrole nitrogens is 2. The van der Waals surface area contributed by atoms with Crippen molar-refractivity contribution in [3.05, 3.63) is 461 Å². The number of aromatic amines is 2. The Kier molecular flexibility index (Phi) is 17.6. The van der Waals surface area contributed by atoms with Crippen LogP contribution < -0.4 is 0 Å². The molecule has 0 fully saturated rings. The highest BCUT2D eigenvalue weighted by Crippen LogP contribution is 2.60. The first kappa shape index (κ1) is 73.8. The van der Waals surface area contributed by atoms with Crippen LogP contribution in [0.2, 0.25) is 0 Å². The predicted octanol–water partition coefficient (Wildman–Crippen LogP) is 33.9. The van der Waals surface area contributed by atoms with Gasteiger partial charge >= 0.3 is 0 Å². The molecule has 0 spiro atoms. The lowest BCUT2D eigenvalue weighted by Crippen LogP contribution is -1.95. The first-order valence-electron chi connectivity index (χ1n) is 44.1. The van der Waals surface area contributed by atoms with Gasteiger partial charge in [0.25, 0.3) is 0 Å². The number of rotatable bonds is 12. The van der Waals surface area contributed by atoms with E-state index in [1.165, 1.54) is 0 Å². The fourth-order valence-corrected chi connectivity index (χ4v) is 20.7. The molecule has 0 radical (unpaired) electrons. The van der Waals surface area contributed by atoms with Crippen LogP contribution in [0.25, 0.3) is 265 Å². The average molecular weight is 1620 g/mol. The highest BCUT2D eigenvalue weighted by Gasteiger charge is 2.36. The number of benzene rings is 20. The number of nitrogens with one attached hydrogen (secondary N) is 2. The predicted molar refractivity (Wildman–Crippen MR) is 540 cm³/mol. The van der Waals surface area contributed by atoms with Crippen LogP contribution in [0.4, 0.5) is 0 Å². The fraction of sp³-hybridized carbons (Fsp3) is 0. The smallest absolute Gasteiger partial charge is 0.0816 e. The van der Waals surface area contributed by atoms with Crippen molar-refractivity contribution in [1.82, 2.24) is 19.9 Å². The summed E-state index contributed by atoms with van der Waals surface area (Å²) in [7, 11) is 0. The minimum absolute atomic E-state index is 0.812. The van der Waals surface area contributed by atoms with Crippen LogP contribution >= 0.6 is 0 Å². The van der Waals surface area contributed by atoms with Crippen LogP contribution in [0, 0.1) is 0 Å². The molecule has 1 aliphatic carbocycles. The molecule has 0 saturated carbocycles. The number of hydrogen-bond donors (Lipinski definition) is 2. The molecule has 2 N–H and O–H groups in total. The molecule has 0 unspecified atom stereocenters. The van der Waals surface area contributed by atoms with Gasteiger partial charge in [-0.3, -0.25) is 0 Å². The van der Waals surface area contributed by atoms with Gasteiger partial charge in [0.2, 0.25) is 0 Å². The van der Waals surface area contributed by atoms with Crippen molar-refractivity contribution in [2.45, 2.75) is 0 Å². The molecular weight excluding hydrogens is 1550 g/mol. The summed E-state index contributed by atoms with van der Waals surface area (Å²) in [5, 5.41) is 12.8. The van der Waals surface area contributed by atoms with E-state index in [-0.39, 0.29) is 0 Å². The van der Waals surface area contributed by atoms with E-state index in [2.05, 4.69) is 461 Å². The summed E-state index contributed by atoms with van der Waals surface area (Å²) in [6.45, 7) is 0. The van der Waals surface area contributed by atoms with Crippen LogP contribution in [0.5, 0.6) is 0 Å². The molecular formula is C124H78N4. The number of aromatic nitrogens is 4. The van der Waals surface area contributed by atoms with Crippen LogP contribution in [-0.2, 0) is 0 Å². The Hall–Kier alpha value is -16.9. The Bertz CT molecular complexity index is 7390. The minimum Gasteiger partial charge on any atom is -0.353 e. The van der Waals surface area contributed by atoms with Crippen molar-refractivity contribution in [2.24, 2.45) is 0 Å². The van der Waals surface area contributed by atoms with Crippen molar-refractivity contribution in [3.63, 3.8) is 0 Å². The summed E-state index contributed by atoms with van der Waals surface area (Å²) in [4.78, 5) is 23.3. The lowest BCUT2D eigenvalue weighted by Gasteiger charge is -2.19. The lowest BCUT2D eigenvalue weighted by atomic mass is 9.83. The van der Waals surface area contributed by atoms with Gasteiger partial charge in [0.05, 0.1) is 44.8 Å². The molecule has 8 bridgehead atoms. The first-order valence-corrected chi connectivity index (χ1v) is 44.1.